The molecule has 0 aromatic carbocycles. The molecule has 0 unspecified atom stereocenters. The molecule has 1 heterocycles. The van der Waals surface area contributed by atoms with Gasteiger partial charge in [0.2, 0.25) is 0 Å². The van der Waals surface area contributed by atoms with Crippen LogP contribution in [0.2, 0.25) is 0 Å². The van der Waals surface area contributed by atoms with Gasteiger partial charge in [-0.1, -0.05) is 0 Å². The van der Waals surface area contributed by atoms with E-state index in [1.807, 2.05) is 0 Å². The van der Waals surface area contributed by atoms with Gasteiger partial charge < -0.3 is 4.57 Å². The molecule has 0 bridgehead atoms. The number of aromatic nitrogens is 2. The first-order valence-corrected chi connectivity index (χ1v) is 3.43. The van der Waals surface area contributed by atoms with Crippen molar-refractivity contribution in [2.75, 3.05) is 0 Å². The summed E-state index contributed by atoms with van der Waals surface area (Å²) >= 11 is 4.56. The van der Waals surface area contributed by atoms with E-state index in [1.165, 1.54) is 17.8 Å². The van der Waals surface area contributed by atoms with Crippen LogP contribution in [0, 0.1) is 4.77 Å². The summed E-state index contributed by atoms with van der Waals surface area (Å²) in [4.78, 5) is 3.20. The van der Waals surface area contributed by atoms with Gasteiger partial charge in [0.15, 0.2) is 4.77 Å². The van der Waals surface area contributed by atoms with E-state index in [-0.39, 0.29) is 4.77 Å². The summed E-state index contributed by atoms with van der Waals surface area (Å²) in [5.41, 5.74) is -0.953. The summed E-state index contributed by atoms with van der Waals surface area (Å²) in [6.07, 6.45) is -3.18. The Bertz CT molecular complexity index is 341. The first-order chi connectivity index (χ1) is 5.41. The van der Waals surface area contributed by atoms with Gasteiger partial charge in [-0.25, -0.2) is 4.98 Å². The molecule has 0 atom stereocenters. The van der Waals surface area contributed by atoms with Gasteiger partial charge in [-0.2, -0.15) is 13.2 Å². The molecular formula is C6H5F3N2S. The molecule has 0 saturated heterocycles. The van der Waals surface area contributed by atoms with Crippen molar-refractivity contribution in [2.45, 2.75) is 6.18 Å². The van der Waals surface area contributed by atoms with Gasteiger partial charge in [-0.15, -0.1) is 0 Å². The smallest absolute Gasteiger partial charge is 0.327 e. The monoisotopic (exact) mass is 194 g/mol. The Labute approximate surface area is 71.7 Å². The summed E-state index contributed by atoms with van der Waals surface area (Å²) in [5, 5.41) is 0. The molecule has 0 spiro atoms. The molecular weight excluding hydrogens is 189 g/mol. The number of rotatable bonds is 0. The van der Waals surface area contributed by atoms with Gasteiger partial charge in [-0.05, 0) is 18.3 Å². The van der Waals surface area contributed by atoms with Crippen molar-refractivity contribution in [1.82, 2.24) is 9.55 Å². The van der Waals surface area contributed by atoms with Crippen LogP contribution in [0.4, 0.5) is 13.2 Å². The number of alkyl halides is 3. The van der Waals surface area contributed by atoms with Gasteiger partial charge in [0.05, 0.1) is 0 Å². The Balaban J connectivity index is 3.23. The molecule has 0 radical (unpaired) electrons. The molecule has 0 fully saturated rings. The molecule has 12 heavy (non-hydrogen) atoms. The average Bonchev–Trinajstić information content (AvgIpc) is 1.92. The Morgan fingerprint density at radius 1 is 1.50 bits per heavy atom. The summed E-state index contributed by atoms with van der Waals surface area (Å²) in [6.45, 7) is 0. The van der Waals surface area contributed by atoms with Crippen LogP contribution < -0.4 is 0 Å². The third kappa shape index (κ3) is 1.82. The van der Waals surface area contributed by atoms with E-state index < -0.39 is 11.9 Å². The largest absolute Gasteiger partial charge is 0.433 e. The maximum atomic E-state index is 12.0. The van der Waals surface area contributed by atoms with Crippen LogP contribution in [-0.4, -0.2) is 9.55 Å². The minimum atomic E-state index is -4.41. The van der Waals surface area contributed by atoms with E-state index in [1.54, 1.807) is 0 Å². The summed E-state index contributed by atoms with van der Waals surface area (Å²) in [5.74, 6) is 0. The fraction of sp³-hybridized carbons (Fsp3) is 0.333. The summed E-state index contributed by atoms with van der Waals surface area (Å²) in [7, 11) is 1.54. The zero-order chi connectivity index (χ0) is 9.35. The van der Waals surface area contributed by atoms with E-state index in [4.69, 9.17) is 0 Å². The fourth-order valence-corrected chi connectivity index (χ4v) is 0.782. The quantitative estimate of drug-likeness (QED) is 0.589. The van der Waals surface area contributed by atoms with Crippen molar-refractivity contribution in [3.05, 3.63) is 22.7 Å². The second kappa shape index (κ2) is 2.85. The highest BCUT2D eigenvalue weighted by Crippen LogP contribution is 2.26. The maximum Gasteiger partial charge on any atom is 0.433 e. The lowest BCUT2D eigenvalue weighted by Crippen LogP contribution is -2.10. The lowest BCUT2D eigenvalue weighted by Gasteiger charge is -2.05. The number of hydrogen-bond donors (Lipinski definition) is 0. The Kier molecular flexibility index (Phi) is 2.18. The zero-order valence-corrected chi connectivity index (χ0v) is 6.91. The van der Waals surface area contributed by atoms with E-state index in [9.17, 15) is 13.2 Å². The van der Waals surface area contributed by atoms with E-state index >= 15 is 0 Å². The molecule has 1 aromatic rings. The Morgan fingerprint density at radius 3 is 2.50 bits per heavy atom. The molecule has 1 rings (SSSR count). The van der Waals surface area contributed by atoms with Crippen molar-refractivity contribution in [2.24, 2.45) is 7.05 Å². The van der Waals surface area contributed by atoms with Crippen molar-refractivity contribution in [3.63, 3.8) is 0 Å². The van der Waals surface area contributed by atoms with Crippen molar-refractivity contribution in [1.29, 1.82) is 0 Å². The topological polar surface area (TPSA) is 17.8 Å². The summed E-state index contributed by atoms with van der Waals surface area (Å²) < 4.78 is 37.2. The van der Waals surface area contributed by atoms with E-state index in [0.717, 1.165) is 6.07 Å². The third-order valence-electron chi connectivity index (χ3n) is 1.26. The molecule has 2 nitrogen and oxygen atoms in total. The lowest BCUT2D eigenvalue weighted by atomic mass is 10.4. The van der Waals surface area contributed by atoms with Crippen LogP contribution in [0.1, 0.15) is 5.69 Å². The molecule has 0 aliphatic carbocycles. The van der Waals surface area contributed by atoms with Crippen LogP contribution in [0.3, 0.4) is 0 Å². The van der Waals surface area contributed by atoms with Gasteiger partial charge in [0, 0.05) is 13.2 Å². The van der Waals surface area contributed by atoms with Crippen molar-refractivity contribution in [3.8, 4) is 0 Å². The highest BCUT2D eigenvalue weighted by atomic mass is 32.1. The molecule has 6 heteroatoms. The molecule has 1 aromatic heterocycles. The number of aryl methyl sites for hydroxylation is 1. The molecule has 0 aliphatic heterocycles. The number of hydrogen-bond acceptors (Lipinski definition) is 2. The van der Waals surface area contributed by atoms with Crippen molar-refractivity contribution < 1.29 is 13.2 Å². The lowest BCUT2D eigenvalue weighted by molar-refractivity contribution is -0.141. The molecule has 0 saturated carbocycles. The van der Waals surface area contributed by atoms with Gasteiger partial charge in [0.1, 0.15) is 5.69 Å². The predicted octanol–water partition coefficient (Wildman–Crippen LogP) is 2.17. The fourth-order valence-electron chi connectivity index (χ4n) is 0.623. The van der Waals surface area contributed by atoms with E-state index in [0.29, 0.717) is 0 Å². The van der Waals surface area contributed by atoms with Gasteiger partial charge in [-0.3, -0.25) is 0 Å². The molecule has 0 aliphatic rings. The van der Waals surface area contributed by atoms with E-state index in [2.05, 4.69) is 17.2 Å². The third-order valence-corrected chi connectivity index (χ3v) is 1.64. The SMILES string of the molecule is Cn1ccc(C(F)(F)F)nc1=S. The second-order valence-corrected chi connectivity index (χ2v) is 2.57. The minimum Gasteiger partial charge on any atom is -0.327 e. The minimum absolute atomic E-state index is 0.0789. The first kappa shape index (κ1) is 9.18. The predicted molar refractivity (Wildman–Crippen MR) is 39.0 cm³/mol. The van der Waals surface area contributed by atoms with Crippen molar-refractivity contribution >= 4 is 12.2 Å². The van der Waals surface area contributed by atoms with Crippen LogP contribution in [0.5, 0.6) is 0 Å². The maximum absolute atomic E-state index is 12.0. The van der Waals surface area contributed by atoms with Gasteiger partial charge >= 0.3 is 6.18 Å². The second-order valence-electron chi connectivity index (χ2n) is 2.20. The molecule has 0 amide bonds. The normalized spacial score (nSPS) is 11.7. The Hall–Kier alpha value is -0.910. The zero-order valence-electron chi connectivity index (χ0n) is 6.09. The van der Waals surface area contributed by atoms with Crippen LogP contribution in [0.25, 0.3) is 0 Å². The highest BCUT2D eigenvalue weighted by molar-refractivity contribution is 7.71. The highest BCUT2D eigenvalue weighted by Gasteiger charge is 2.32. The number of nitrogens with zero attached hydrogens (tertiary/aromatic N) is 2. The van der Waals surface area contributed by atoms with Gasteiger partial charge in [0.25, 0.3) is 0 Å². The molecule has 0 N–H and O–H groups in total. The van der Waals surface area contributed by atoms with Crippen LogP contribution in [-0.2, 0) is 13.2 Å². The van der Waals surface area contributed by atoms with Crippen LogP contribution >= 0.6 is 12.2 Å². The summed E-state index contributed by atoms with van der Waals surface area (Å²) in [6, 6.07) is 0.885. The average molecular weight is 194 g/mol. The first-order valence-electron chi connectivity index (χ1n) is 3.02. The standard InChI is InChI=1S/C6H5F3N2S/c1-11-3-2-4(6(7,8)9)10-5(11)12/h2-3H,1H3. The molecule has 66 valence electrons. The number of halogens is 3. The Morgan fingerprint density at radius 2 is 2.08 bits per heavy atom. The van der Waals surface area contributed by atoms with Crippen LogP contribution in [0.15, 0.2) is 12.3 Å².